The van der Waals surface area contributed by atoms with Crippen LogP contribution in [0, 0.1) is 17.2 Å². The molecule has 1 unspecified atom stereocenters. The number of aryl methyl sites for hydroxylation is 1. The maximum atomic E-state index is 12.5. The summed E-state index contributed by atoms with van der Waals surface area (Å²) in [7, 11) is 0. The normalized spacial score (nSPS) is 16.7. The van der Waals surface area contributed by atoms with Gasteiger partial charge in [0, 0.05) is 26.2 Å². The molecule has 0 bridgehead atoms. The van der Waals surface area contributed by atoms with Crippen molar-refractivity contribution < 1.29 is 4.79 Å². The maximum Gasteiger partial charge on any atom is 0.227 e. The van der Waals surface area contributed by atoms with Crippen LogP contribution < -0.4 is 0 Å². The number of hydrogen-bond acceptors (Lipinski definition) is 3. The average Bonchev–Trinajstić information content (AvgIpc) is 2.62. The number of nitriles is 1. The number of carbonyl (C=O) groups is 1. The Hall–Kier alpha value is -1.86. The summed E-state index contributed by atoms with van der Waals surface area (Å²) in [6, 6.07) is 10.8. The van der Waals surface area contributed by atoms with Crippen LogP contribution in [0.4, 0.5) is 0 Å². The molecule has 1 saturated heterocycles. The zero-order valence-electron chi connectivity index (χ0n) is 15.9. The predicted molar refractivity (Wildman–Crippen MR) is 101 cm³/mol. The zero-order chi connectivity index (χ0) is 18.2. The number of unbranched alkanes of at least 4 members (excludes halogenated alkanes) is 1. The molecule has 1 heterocycles. The Morgan fingerprint density at radius 1 is 1.12 bits per heavy atom. The summed E-state index contributed by atoms with van der Waals surface area (Å²) < 4.78 is 0. The van der Waals surface area contributed by atoms with Crippen LogP contribution >= 0.6 is 0 Å². The minimum absolute atomic E-state index is 0.0482. The molecule has 0 aromatic heterocycles. The molecule has 1 aliphatic heterocycles. The van der Waals surface area contributed by atoms with Crippen LogP contribution in [0.1, 0.15) is 44.7 Å². The standard InChI is InChI=1S/C21H31N3O/c1-4-5-6-18-7-9-19(10-8-18)15-21(25)24-13-11-23(12-14-24)20(16-22)17(2)3/h7-10,17,20H,4-6,11-15H2,1-3H3. The van der Waals surface area contributed by atoms with Gasteiger partial charge in [0.15, 0.2) is 0 Å². The molecule has 136 valence electrons. The molecule has 4 nitrogen and oxygen atoms in total. The fourth-order valence-electron chi connectivity index (χ4n) is 3.39. The van der Waals surface area contributed by atoms with Gasteiger partial charge in [-0.3, -0.25) is 9.69 Å². The summed E-state index contributed by atoms with van der Waals surface area (Å²) in [6.07, 6.45) is 4.00. The molecule has 0 saturated carbocycles. The molecule has 1 aromatic carbocycles. The Morgan fingerprint density at radius 2 is 1.72 bits per heavy atom. The average molecular weight is 341 g/mol. The largest absolute Gasteiger partial charge is 0.340 e. The van der Waals surface area contributed by atoms with Crippen molar-refractivity contribution in [2.24, 2.45) is 5.92 Å². The van der Waals surface area contributed by atoms with E-state index in [1.807, 2.05) is 4.90 Å². The van der Waals surface area contributed by atoms with Crippen molar-refractivity contribution in [2.45, 2.75) is 52.5 Å². The number of nitrogens with zero attached hydrogens (tertiary/aromatic N) is 3. The van der Waals surface area contributed by atoms with Crippen molar-refractivity contribution in [1.29, 1.82) is 5.26 Å². The zero-order valence-corrected chi connectivity index (χ0v) is 15.9. The van der Waals surface area contributed by atoms with Crippen molar-refractivity contribution in [3.05, 3.63) is 35.4 Å². The van der Waals surface area contributed by atoms with E-state index in [0.717, 1.165) is 38.2 Å². The van der Waals surface area contributed by atoms with Gasteiger partial charge in [-0.05, 0) is 29.9 Å². The Bertz CT molecular complexity index is 580. The van der Waals surface area contributed by atoms with Crippen LogP contribution in [0.2, 0.25) is 0 Å². The lowest BCUT2D eigenvalue weighted by Gasteiger charge is -2.38. The predicted octanol–water partition coefficient (Wildman–Crippen LogP) is 3.26. The number of benzene rings is 1. The van der Waals surface area contributed by atoms with Gasteiger partial charge in [0.05, 0.1) is 12.5 Å². The highest BCUT2D eigenvalue weighted by atomic mass is 16.2. The summed E-state index contributed by atoms with van der Waals surface area (Å²) in [5.41, 5.74) is 2.44. The van der Waals surface area contributed by atoms with Gasteiger partial charge in [-0.2, -0.15) is 5.26 Å². The highest BCUT2D eigenvalue weighted by molar-refractivity contribution is 5.78. The highest BCUT2D eigenvalue weighted by Crippen LogP contribution is 2.15. The van der Waals surface area contributed by atoms with E-state index in [2.05, 4.69) is 56.0 Å². The molecule has 4 heteroatoms. The van der Waals surface area contributed by atoms with Gasteiger partial charge in [0.2, 0.25) is 5.91 Å². The molecule has 2 rings (SSSR count). The van der Waals surface area contributed by atoms with Crippen LogP contribution in [-0.4, -0.2) is 47.9 Å². The van der Waals surface area contributed by atoms with E-state index in [9.17, 15) is 10.1 Å². The molecule has 0 N–H and O–H groups in total. The SMILES string of the molecule is CCCCc1ccc(CC(=O)N2CCN(C(C#N)C(C)C)CC2)cc1. The smallest absolute Gasteiger partial charge is 0.227 e. The van der Waals surface area contributed by atoms with Crippen LogP contribution in [0.25, 0.3) is 0 Å². The van der Waals surface area contributed by atoms with E-state index in [1.54, 1.807) is 0 Å². The summed E-state index contributed by atoms with van der Waals surface area (Å²) in [4.78, 5) is 16.7. The van der Waals surface area contributed by atoms with Crippen LogP contribution in [0.15, 0.2) is 24.3 Å². The molecular formula is C21H31N3O. The molecule has 1 fully saturated rings. The summed E-state index contributed by atoms with van der Waals surface area (Å²) >= 11 is 0. The van der Waals surface area contributed by atoms with Gasteiger partial charge < -0.3 is 4.90 Å². The minimum atomic E-state index is -0.0482. The summed E-state index contributed by atoms with van der Waals surface area (Å²) in [5.74, 6) is 0.512. The molecule has 1 aliphatic rings. The van der Waals surface area contributed by atoms with Crippen LogP contribution in [0.5, 0.6) is 0 Å². The monoisotopic (exact) mass is 341 g/mol. The minimum Gasteiger partial charge on any atom is -0.340 e. The number of carbonyl (C=O) groups excluding carboxylic acids is 1. The maximum absolute atomic E-state index is 12.5. The van der Waals surface area contributed by atoms with E-state index < -0.39 is 0 Å². The molecule has 1 atom stereocenters. The third-order valence-corrected chi connectivity index (χ3v) is 5.02. The van der Waals surface area contributed by atoms with E-state index >= 15 is 0 Å². The second kappa shape index (κ2) is 9.58. The first-order valence-electron chi connectivity index (χ1n) is 9.54. The van der Waals surface area contributed by atoms with E-state index in [4.69, 9.17) is 0 Å². The first-order valence-corrected chi connectivity index (χ1v) is 9.54. The third-order valence-electron chi connectivity index (χ3n) is 5.02. The Kier molecular flexibility index (Phi) is 7.46. The van der Waals surface area contributed by atoms with Crippen molar-refractivity contribution in [3.8, 4) is 6.07 Å². The fraction of sp³-hybridized carbons (Fsp3) is 0.619. The highest BCUT2D eigenvalue weighted by Gasteiger charge is 2.27. The molecule has 0 aliphatic carbocycles. The molecule has 25 heavy (non-hydrogen) atoms. The summed E-state index contributed by atoms with van der Waals surface area (Å²) in [6.45, 7) is 9.38. The van der Waals surface area contributed by atoms with Crippen LogP contribution in [-0.2, 0) is 17.6 Å². The van der Waals surface area contributed by atoms with Crippen LogP contribution in [0.3, 0.4) is 0 Å². The van der Waals surface area contributed by atoms with E-state index in [1.165, 1.54) is 18.4 Å². The van der Waals surface area contributed by atoms with Crippen molar-refractivity contribution >= 4 is 5.91 Å². The van der Waals surface area contributed by atoms with Gasteiger partial charge in [-0.15, -0.1) is 0 Å². The van der Waals surface area contributed by atoms with Crippen molar-refractivity contribution in [3.63, 3.8) is 0 Å². The van der Waals surface area contributed by atoms with Gasteiger partial charge in [0.25, 0.3) is 0 Å². The molecule has 1 aromatic rings. The lowest BCUT2D eigenvalue weighted by Crippen LogP contribution is -2.53. The van der Waals surface area contributed by atoms with Crippen molar-refractivity contribution in [1.82, 2.24) is 9.80 Å². The first kappa shape index (κ1) is 19.5. The quantitative estimate of drug-likeness (QED) is 0.765. The second-order valence-corrected chi connectivity index (χ2v) is 7.33. The number of piperazine rings is 1. The van der Waals surface area contributed by atoms with E-state index in [0.29, 0.717) is 12.3 Å². The third kappa shape index (κ3) is 5.57. The topological polar surface area (TPSA) is 47.3 Å². The molecule has 0 spiro atoms. The number of amides is 1. The lowest BCUT2D eigenvalue weighted by molar-refractivity contribution is -0.132. The summed E-state index contributed by atoms with van der Waals surface area (Å²) in [5, 5.41) is 9.32. The Balaban J connectivity index is 1.83. The lowest BCUT2D eigenvalue weighted by atomic mass is 10.0. The fourth-order valence-corrected chi connectivity index (χ4v) is 3.39. The second-order valence-electron chi connectivity index (χ2n) is 7.33. The number of hydrogen-bond donors (Lipinski definition) is 0. The molecule has 1 amide bonds. The van der Waals surface area contributed by atoms with Gasteiger partial charge in [-0.1, -0.05) is 51.5 Å². The van der Waals surface area contributed by atoms with Crippen molar-refractivity contribution in [2.75, 3.05) is 26.2 Å². The Labute approximate surface area is 152 Å². The first-order chi connectivity index (χ1) is 12.0. The molecule has 0 radical (unpaired) electrons. The van der Waals surface area contributed by atoms with Gasteiger partial charge in [-0.25, -0.2) is 0 Å². The van der Waals surface area contributed by atoms with E-state index in [-0.39, 0.29) is 11.9 Å². The van der Waals surface area contributed by atoms with Gasteiger partial charge in [0.1, 0.15) is 6.04 Å². The Morgan fingerprint density at radius 3 is 2.24 bits per heavy atom. The molecular weight excluding hydrogens is 310 g/mol. The van der Waals surface area contributed by atoms with Gasteiger partial charge >= 0.3 is 0 Å². The number of rotatable bonds is 7.